The fourth-order valence-corrected chi connectivity index (χ4v) is 1.45. The largest absolute Gasteiger partial charge is 0.435 e. The van der Waals surface area contributed by atoms with E-state index in [0.29, 0.717) is 11.3 Å². The molecule has 6 heteroatoms. The summed E-state index contributed by atoms with van der Waals surface area (Å²) in [6, 6.07) is 9.02. The van der Waals surface area contributed by atoms with Crippen LogP contribution < -0.4 is 10.1 Å². The number of hydrogen-bond donors (Lipinski definition) is 1. The van der Waals surface area contributed by atoms with Gasteiger partial charge >= 0.3 is 6.61 Å². The van der Waals surface area contributed by atoms with Crippen LogP contribution in [0.3, 0.4) is 0 Å². The van der Waals surface area contributed by atoms with Gasteiger partial charge in [0.2, 0.25) is 0 Å². The summed E-state index contributed by atoms with van der Waals surface area (Å²) in [5.41, 5.74) is 0.745. The van der Waals surface area contributed by atoms with E-state index in [1.807, 2.05) is 0 Å². The SMILES string of the molecule is O=C(Nc1cccc(OC(F)F)c1)c1cccnc1. The normalized spacial score (nSPS) is 10.3. The van der Waals surface area contributed by atoms with E-state index in [-0.39, 0.29) is 11.7 Å². The van der Waals surface area contributed by atoms with Crippen molar-refractivity contribution in [3.8, 4) is 5.75 Å². The molecule has 1 N–H and O–H groups in total. The van der Waals surface area contributed by atoms with E-state index in [9.17, 15) is 13.6 Å². The first-order valence-corrected chi connectivity index (χ1v) is 5.41. The Morgan fingerprint density at radius 2 is 2.11 bits per heavy atom. The number of rotatable bonds is 4. The third-order valence-corrected chi connectivity index (χ3v) is 2.24. The van der Waals surface area contributed by atoms with Crippen LogP contribution in [-0.2, 0) is 0 Å². The maximum atomic E-state index is 12.1. The molecule has 0 unspecified atom stereocenters. The molecule has 0 saturated carbocycles. The summed E-state index contributed by atoms with van der Waals surface area (Å²) >= 11 is 0. The lowest BCUT2D eigenvalue weighted by atomic mass is 10.2. The van der Waals surface area contributed by atoms with E-state index in [1.54, 1.807) is 24.4 Å². The number of alkyl halides is 2. The average molecular weight is 264 g/mol. The molecule has 1 heterocycles. The summed E-state index contributed by atoms with van der Waals surface area (Å²) < 4.78 is 28.4. The van der Waals surface area contributed by atoms with Gasteiger partial charge in [-0.1, -0.05) is 6.07 Å². The Labute approximate surface area is 108 Å². The van der Waals surface area contributed by atoms with Crippen LogP contribution in [0.4, 0.5) is 14.5 Å². The molecule has 0 aliphatic carbocycles. The molecular formula is C13H10F2N2O2. The van der Waals surface area contributed by atoms with E-state index in [1.165, 1.54) is 24.4 Å². The zero-order chi connectivity index (χ0) is 13.7. The molecular weight excluding hydrogens is 254 g/mol. The van der Waals surface area contributed by atoms with Crippen LogP contribution in [0, 0.1) is 0 Å². The van der Waals surface area contributed by atoms with Gasteiger partial charge in [-0.2, -0.15) is 8.78 Å². The van der Waals surface area contributed by atoms with Gasteiger partial charge in [0.1, 0.15) is 5.75 Å². The third kappa shape index (κ3) is 3.74. The zero-order valence-electron chi connectivity index (χ0n) is 9.72. The van der Waals surface area contributed by atoms with Gasteiger partial charge < -0.3 is 10.1 Å². The minimum atomic E-state index is -2.90. The summed E-state index contributed by atoms with van der Waals surface area (Å²) in [6.45, 7) is -2.90. The highest BCUT2D eigenvalue weighted by Gasteiger charge is 2.08. The first kappa shape index (κ1) is 12.9. The number of ether oxygens (including phenoxy) is 1. The third-order valence-electron chi connectivity index (χ3n) is 2.24. The van der Waals surface area contributed by atoms with Crippen molar-refractivity contribution in [3.63, 3.8) is 0 Å². The molecule has 0 atom stereocenters. The fourth-order valence-electron chi connectivity index (χ4n) is 1.45. The molecule has 0 spiro atoms. The Morgan fingerprint density at radius 3 is 2.79 bits per heavy atom. The highest BCUT2D eigenvalue weighted by molar-refractivity contribution is 6.04. The van der Waals surface area contributed by atoms with Gasteiger partial charge in [0.25, 0.3) is 5.91 Å². The first-order chi connectivity index (χ1) is 9.15. The van der Waals surface area contributed by atoms with Crippen LogP contribution in [0.5, 0.6) is 5.75 Å². The van der Waals surface area contributed by atoms with Crippen LogP contribution in [0.1, 0.15) is 10.4 Å². The second-order valence-electron chi connectivity index (χ2n) is 3.60. The molecule has 1 aromatic heterocycles. The zero-order valence-corrected chi connectivity index (χ0v) is 9.72. The number of carbonyl (C=O) groups is 1. The van der Waals surface area contributed by atoms with Crippen LogP contribution in [0.25, 0.3) is 0 Å². The number of amides is 1. The van der Waals surface area contributed by atoms with E-state index >= 15 is 0 Å². The predicted octanol–water partition coefficient (Wildman–Crippen LogP) is 2.94. The van der Waals surface area contributed by atoms with E-state index in [0.717, 1.165) is 0 Å². The Morgan fingerprint density at radius 1 is 1.26 bits per heavy atom. The van der Waals surface area contributed by atoms with Crippen molar-refractivity contribution in [3.05, 3.63) is 54.4 Å². The summed E-state index contributed by atoms with van der Waals surface area (Å²) in [4.78, 5) is 15.6. The lowest BCUT2D eigenvalue weighted by Crippen LogP contribution is -2.12. The van der Waals surface area contributed by atoms with Crippen molar-refractivity contribution >= 4 is 11.6 Å². The molecule has 0 fully saturated rings. The number of carbonyl (C=O) groups excluding carboxylic acids is 1. The van der Waals surface area contributed by atoms with Crippen molar-refractivity contribution in [1.82, 2.24) is 4.98 Å². The lowest BCUT2D eigenvalue weighted by Gasteiger charge is -2.08. The minimum absolute atomic E-state index is 0.0148. The first-order valence-electron chi connectivity index (χ1n) is 5.41. The second kappa shape index (κ2) is 5.90. The predicted molar refractivity (Wildman–Crippen MR) is 65.3 cm³/mol. The maximum absolute atomic E-state index is 12.1. The van der Waals surface area contributed by atoms with Crippen LogP contribution in [0.15, 0.2) is 48.8 Å². The van der Waals surface area contributed by atoms with Gasteiger partial charge in [0, 0.05) is 24.1 Å². The molecule has 2 aromatic rings. The summed E-state index contributed by atoms with van der Waals surface area (Å²) in [7, 11) is 0. The Hall–Kier alpha value is -2.50. The molecule has 0 aliphatic rings. The summed E-state index contributed by atoms with van der Waals surface area (Å²) in [5.74, 6) is -0.388. The fraction of sp³-hybridized carbons (Fsp3) is 0.0769. The highest BCUT2D eigenvalue weighted by atomic mass is 19.3. The van der Waals surface area contributed by atoms with Crippen LogP contribution >= 0.6 is 0 Å². The van der Waals surface area contributed by atoms with Crippen LogP contribution in [0.2, 0.25) is 0 Å². The topological polar surface area (TPSA) is 51.2 Å². The standard InChI is InChI=1S/C13H10F2N2O2/c14-13(15)19-11-5-1-4-10(7-11)17-12(18)9-3-2-6-16-8-9/h1-8,13H,(H,17,18). The average Bonchev–Trinajstić information content (AvgIpc) is 2.39. The monoisotopic (exact) mass is 264 g/mol. The van der Waals surface area contributed by atoms with Gasteiger partial charge in [-0.05, 0) is 24.3 Å². The smallest absolute Gasteiger partial charge is 0.387 e. The van der Waals surface area contributed by atoms with Crippen LogP contribution in [-0.4, -0.2) is 17.5 Å². The molecule has 1 amide bonds. The van der Waals surface area contributed by atoms with E-state index in [2.05, 4.69) is 15.0 Å². The molecule has 4 nitrogen and oxygen atoms in total. The number of halogens is 2. The number of aromatic nitrogens is 1. The quantitative estimate of drug-likeness (QED) is 0.923. The molecule has 98 valence electrons. The van der Waals surface area contributed by atoms with Gasteiger partial charge in [-0.25, -0.2) is 0 Å². The van der Waals surface area contributed by atoms with E-state index < -0.39 is 6.61 Å². The number of anilines is 1. The number of benzene rings is 1. The van der Waals surface area contributed by atoms with Crippen molar-refractivity contribution in [1.29, 1.82) is 0 Å². The number of nitrogens with zero attached hydrogens (tertiary/aromatic N) is 1. The summed E-state index contributed by atoms with van der Waals surface area (Å²) in [6.07, 6.45) is 2.96. The Kier molecular flexibility index (Phi) is 4.02. The van der Waals surface area contributed by atoms with Gasteiger partial charge in [0.05, 0.1) is 5.56 Å². The van der Waals surface area contributed by atoms with Crippen molar-refractivity contribution in [2.75, 3.05) is 5.32 Å². The lowest BCUT2D eigenvalue weighted by molar-refractivity contribution is -0.0497. The van der Waals surface area contributed by atoms with E-state index in [4.69, 9.17) is 0 Å². The van der Waals surface area contributed by atoms with Crippen molar-refractivity contribution < 1.29 is 18.3 Å². The molecule has 0 radical (unpaired) electrons. The maximum Gasteiger partial charge on any atom is 0.387 e. The molecule has 0 bridgehead atoms. The number of pyridine rings is 1. The van der Waals surface area contributed by atoms with Gasteiger partial charge in [-0.15, -0.1) is 0 Å². The van der Waals surface area contributed by atoms with Crippen molar-refractivity contribution in [2.24, 2.45) is 0 Å². The minimum Gasteiger partial charge on any atom is -0.435 e. The van der Waals surface area contributed by atoms with Gasteiger partial charge in [0.15, 0.2) is 0 Å². The molecule has 1 aromatic carbocycles. The second-order valence-corrected chi connectivity index (χ2v) is 3.60. The Balaban J connectivity index is 2.09. The van der Waals surface area contributed by atoms with Crippen molar-refractivity contribution in [2.45, 2.75) is 6.61 Å². The molecule has 0 saturated heterocycles. The Bertz CT molecular complexity index is 562. The highest BCUT2D eigenvalue weighted by Crippen LogP contribution is 2.19. The molecule has 19 heavy (non-hydrogen) atoms. The number of hydrogen-bond acceptors (Lipinski definition) is 3. The summed E-state index contributed by atoms with van der Waals surface area (Å²) in [5, 5.41) is 2.57. The number of nitrogens with one attached hydrogen (secondary N) is 1. The molecule has 0 aliphatic heterocycles. The van der Waals surface area contributed by atoms with Gasteiger partial charge in [-0.3, -0.25) is 9.78 Å². The molecule has 2 rings (SSSR count).